The number of hydrogen-bond acceptors (Lipinski definition) is 1. The van der Waals surface area contributed by atoms with E-state index < -0.39 is 0 Å². The Morgan fingerprint density at radius 3 is 2.12 bits per heavy atom. The molecule has 0 radical (unpaired) electrons. The third-order valence-corrected chi connectivity index (χ3v) is 5.11. The summed E-state index contributed by atoms with van der Waals surface area (Å²) in [6.07, 6.45) is 11.7. The Balaban J connectivity index is 1.70. The summed E-state index contributed by atoms with van der Waals surface area (Å²) in [6, 6.07) is 0.818. The molecule has 0 spiro atoms. The lowest BCUT2D eigenvalue weighted by Crippen LogP contribution is -2.35. The molecule has 0 aromatic carbocycles. The van der Waals surface area contributed by atoms with Gasteiger partial charge in [0.15, 0.2) is 0 Å². The summed E-state index contributed by atoms with van der Waals surface area (Å²) >= 11 is 0. The van der Waals surface area contributed by atoms with Gasteiger partial charge in [-0.15, -0.1) is 0 Å². The molecule has 2 saturated carbocycles. The van der Waals surface area contributed by atoms with Gasteiger partial charge in [-0.2, -0.15) is 0 Å². The highest BCUT2D eigenvalue weighted by Crippen LogP contribution is 2.31. The second-order valence-electron chi connectivity index (χ2n) is 6.29. The predicted octanol–water partition coefficient (Wildman–Crippen LogP) is 3.98. The zero-order chi connectivity index (χ0) is 11.4. The normalized spacial score (nSPS) is 37.5. The van der Waals surface area contributed by atoms with Crippen LogP contribution in [0.5, 0.6) is 0 Å². The van der Waals surface area contributed by atoms with E-state index in [1.807, 2.05) is 0 Å². The minimum Gasteiger partial charge on any atom is -0.313 e. The molecule has 0 aromatic heterocycles. The molecule has 2 aliphatic carbocycles. The van der Waals surface area contributed by atoms with Gasteiger partial charge in [0, 0.05) is 6.04 Å². The molecule has 1 heteroatoms. The van der Waals surface area contributed by atoms with Crippen LogP contribution in [0.2, 0.25) is 0 Å². The second-order valence-corrected chi connectivity index (χ2v) is 6.29. The van der Waals surface area contributed by atoms with Gasteiger partial charge in [0.1, 0.15) is 0 Å². The molecule has 0 saturated heterocycles. The van der Waals surface area contributed by atoms with Crippen molar-refractivity contribution in [2.45, 2.75) is 71.3 Å². The van der Waals surface area contributed by atoms with Crippen molar-refractivity contribution in [1.29, 1.82) is 0 Å². The molecular weight excluding hydrogens is 194 g/mol. The molecule has 2 rings (SSSR count). The summed E-state index contributed by atoms with van der Waals surface area (Å²) < 4.78 is 0. The van der Waals surface area contributed by atoms with Crippen molar-refractivity contribution in [1.82, 2.24) is 5.32 Å². The van der Waals surface area contributed by atoms with Crippen LogP contribution in [0.3, 0.4) is 0 Å². The van der Waals surface area contributed by atoms with E-state index in [1.54, 1.807) is 0 Å². The van der Waals surface area contributed by atoms with E-state index in [1.165, 1.54) is 57.9 Å². The average molecular weight is 223 g/mol. The fraction of sp³-hybridized carbons (Fsp3) is 1.00. The van der Waals surface area contributed by atoms with Gasteiger partial charge in [0.05, 0.1) is 0 Å². The summed E-state index contributed by atoms with van der Waals surface area (Å²) in [5.41, 5.74) is 0. The highest BCUT2D eigenvalue weighted by Gasteiger charge is 2.29. The van der Waals surface area contributed by atoms with E-state index in [4.69, 9.17) is 0 Å². The Kier molecular flexibility index (Phi) is 4.69. The summed E-state index contributed by atoms with van der Waals surface area (Å²) in [7, 11) is 0. The molecule has 2 fully saturated rings. The van der Waals surface area contributed by atoms with Crippen molar-refractivity contribution < 1.29 is 0 Å². The summed E-state index contributed by atoms with van der Waals surface area (Å²) in [4.78, 5) is 0. The smallest absolute Gasteiger partial charge is 0.00954 e. The lowest BCUT2D eigenvalue weighted by molar-refractivity contribution is 0.333. The van der Waals surface area contributed by atoms with Crippen molar-refractivity contribution in [3.05, 3.63) is 0 Å². The van der Waals surface area contributed by atoms with Crippen molar-refractivity contribution in [3.8, 4) is 0 Å². The number of rotatable bonds is 3. The van der Waals surface area contributed by atoms with Gasteiger partial charge in [-0.3, -0.25) is 0 Å². The molecule has 1 N–H and O–H groups in total. The fourth-order valence-corrected chi connectivity index (χ4v) is 3.54. The third-order valence-electron chi connectivity index (χ3n) is 5.11. The Labute approximate surface area is 101 Å². The average Bonchev–Trinajstić information content (AvgIpc) is 2.53. The summed E-state index contributed by atoms with van der Waals surface area (Å²) in [6.45, 7) is 6.14. The van der Waals surface area contributed by atoms with Crippen LogP contribution < -0.4 is 5.32 Å². The highest BCUT2D eigenvalue weighted by molar-refractivity contribution is 4.85. The quantitative estimate of drug-likeness (QED) is 0.714. The van der Waals surface area contributed by atoms with E-state index in [2.05, 4.69) is 19.2 Å². The summed E-state index contributed by atoms with van der Waals surface area (Å²) in [5.74, 6) is 2.81. The maximum absolute atomic E-state index is 3.86. The predicted molar refractivity (Wildman–Crippen MR) is 70.5 cm³/mol. The van der Waals surface area contributed by atoms with Crippen LogP contribution in [0.4, 0.5) is 0 Å². The lowest BCUT2D eigenvalue weighted by Gasteiger charge is -2.23. The van der Waals surface area contributed by atoms with Crippen LogP contribution in [-0.2, 0) is 0 Å². The summed E-state index contributed by atoms with van der Waals surface area (Å²) in [5, 5.41) is 3.86. The third kappa shape index (κ3) is 3.23. The zero-order valence-corrected chi connectivity index (χ0v) is 11.2. The van der Waals surface area contributed by atoms with Crippen LogP contribution in [0.25, 0.3) is 0 Å². The Morgan fingerprint density at radius 1 is 0.875 bits per heavy atom. The molecule has 1 nitrogen and oxygen atoms in total. The van der Waals surface area contributed by atoms with Gasteiger partial charge < -0.3 is 5.32 Å². The first kappa shape index (κ1) is 12.4. The SMILES string of the molecule is CC1CCC(NCC2CCCCCC2)C1C. The zero-order valence-electron chi connectivity index (χ0n) is 11.2. The molecular formula is C15H29N. The van der Waals surface area contributed by atoms with Crippen molar-refractivity contribution in [3.63, 3.8) is 0 Å². The van der Waals surface area contributed by atoms with Gasteiger partial charge >= 0.3 is 0 Å². The van der Waals surface area contributed by atoms with Crippen molar-refractivity contribution >= 4 is 0 Å². The van der Waals surface area contributed by atoms with Crippen LogP contribution in [0.1, 0.15) is 65.2 Å². The van der Waals surface area contributed by atoms with Gasteiger partial charge in [-0.25, -0.2) is 0 Å². The largest absolute Gasteiger partial charge is 0.313 e. The van der Waals surface area contributed by atoms with Crippen LogP contribution in [0, 0.1) is 17.8 Å². The topological polar surface area (TPSA) is 12.0 Å². The van der Waals surface area contributed by atoms with Crippen molar-refractivity contribution in [2.24, 2.45) is 17.8 Å². The molecule has 94 valence electrons. The fourth-order valence-electron chi connectivity index (χ4n) is 3.54. The molecule has 2 aliphatic rings. The van der Waals surface area contributed by atoms with E-state index in [9.17, 15) is 0 Å². The molecule has 0 heterocycles. The Bertz CT molecular complexity index is 194. The Morgan fingerprint density at radius 2 is 1.56 bits per heavy atom. The minimum atomic E-state index is 0.818. The first-order valence-corrected chi connectivity index (χ1v) is 7.50. The van der Waals surface area contributed by atoms with E-state index in [-0.39, 0.29) is 0 Å². The molecule has 3 atom stereocenters. The molecule has 16 heavy (non-hydrogen) atoms. The van der Waals surface area contributed by atoms with E-state index >= 15 is 0 Å². The van der Waals surface area contributed by atoms with Crippen molar-refractivity contribution in [2.75, 3.05) is 6.54 Å². The second kappa shape index (κ2) is 6.05. The first-order chi connectivity index (χ1) is 7.77. The van der Waals surface area contributed by atoms with Gasteiger partial charge in [0.2, 0.25) is 0 Å². The molecule has 0 aromatic rings. The van der Waals surface area contributed by atoms with E-state index in [0.29, 0.717) is 0 Å². The molecule has 0 bridgehead atoms. The lowest BCUT2D eigenvalue weighted by atomic mass is 9.96. The monoisotopic (exact) mass is 223 g/mol. The number of hydrogen-bond donors (Lipinski definition) is 1. The number of nitrogens with one attached hydrogen (secondary N) is 1. The maximum atomic E-state index is 3.86. The first-order valence-electron chi connectivity index (χ1n) is 7.50. The highest BCUT2D eigenvalue weighted by atomic mass is 14.9. The maximum Gasteiger partial charge on any atom is 0.00954 e. The molecule has 0 aliphatic heterocycles. The van der Waals surface area contributed by atoms with Gasteiger partial charge in [-0.1, -0.05) is 39.5 Å². The van der Waals surface area contributed by atoms with Crippen LogP contribution >= 0.6 is 0 Å². The van der Waals surface area contributed by atoms with Gasteiger partial charge in [-0.05, 0) is 50.0 Å². The van der Waals surface area contributed by atoms with E-state index in [0.717, 1.165) is 23.8 Å². The minimum absolute atomic E-state index is 0.818. The Hall–Kier alpha value is -0.0400. The molecule has 0 amide bonds. The van der Waals surface area contributed by atoms with Crippen LogP contribution in [0.15, 0.2) is 0 Å². The van der Waals surface area contributed by atoms with Crippen LogP contribution in [-0.4, -0.2) is 12.6 Å². The standard InChI is InChI=1S/C15H29N/c1-12-9-10-15(13(12)2)16-11-14-7-5-3-4-6-8-14/h12-16H,3-11H2,1-2H3. The van der Waals surface area contributed by atoms with Gasteiger partial charge in [0.25, 0.3) is 0 Å². The molecule has 3 unspecified atom stereocenters.